The van der Waals surface area contributed by atoms with E-state index in [1.165, 1.54) is 24.4 Å². The number of benzene rings is 1. The number of amides is 1. The highest BCUT2D eigenvalue weighted by atomic mass is 19.1. The molecule has 0 aliphatic carbocycles. The predicted molar refractivity (Wildman–Crippen MR) is 74.2 cm³/mol. The first-order valence-electron chi connectivity index (χ1n) is 6.33. The first-order chi connectivity index (χ1) is 10.0. The van der Waals surface area contributed by atoms with Gasteiger partial charge in [0.25, 0.3) is 0 Å². The first kappa shape index (κ1) is 14.9. The van der Waals surface area contributed by atoms with E-state index in [4.69, 9.17) is 10.5 Å². The summed E-state index contributed by atoms with van der Waals surface area (Å²) in [5, 5.41) is 9.19. The minimum absolute atomic E-state index is 0.336. The zero-order chi connectivity index (χ0) is 15.4. The van der Waals surface area contributed by atoms with Gasteiger partial charge in [0.15, 0.2) is 0 Å². The second-order valence-corrected chi connectivity index (χ2v) is 4.56. The van der Waals surface area contributed by atoms with E-state index < -0.39 is 17.6 Å². The lowest BCUT2D eigenvalue weighted by atomic mass is 10.1. The lowest BCUT2D eigenvalue weighted by Crippen LogP contribution is -2.19. The average molecular weight is 290 g/mol. The van der Waals surface area contributed by atoms with Crippen LogP contribution in [0.3, 0.4) is 0 Å². The van der Waals surface area contributed by atoms with Crippen molar-refractivity contribution in [1.82, 2.24) is 4.98 Å². The number of carbonyl (C=O) groups is 1. The summed E-state index contributed by atoms with van der Waals surface area (Å²) >= 11 is 0. The minimum atomic E-state index is -0.488. The Labute approximate surface area is 121 Å². The number of primary amides is 1. The second-order valence-electron chi connectivity index (χ2n) is 4.56. The third kappa shape index (κ3) is 3.55. The fourth-order valence-electron chi connectivity index (χ4n) is 1.75. The van der Waals surface area contributed by atoms with Gasteiger partial charge >= 0.3 is 0 Å². The highest BCUT2D eigenvalue weighted by Crippen LogP contribution is 2.26. The number of nitrogens with zero attached hydrogens (tertiary/aromatic N) is 1. The summed E-state index contributed by atoms with van der Waals surface area (Å²) in [6, 6.07) is 7.14. The van der Waals surface area contributed by atoms with Gasteiger partial charge in [-0.1, -0.05) is 0 Å². The molecule has 0 saturated heterocycles. The van der Waals surface area contributed by atoms with E-state index in [9.17, 15) is 14.3 Å². The summed E-state index contributed by atoms with van der Waals surface area (Å²) in [6.07, 6.45) is 1.44. The number of nitrogens with two attached hydrogens (primary N) is 1. The molecule has 0 fully saturated rings. The normalized spacial score (nSPS) is 12.0. The Morgan fingerprint density at radius 3 is 2.76 bits per heavy atom. The molecule has 0 spiro atoms. The van der Waals surface area contributed by atoms with E-state index in [0.717, 1.165) is 0 Å². The maximum absolute atomic E-state index is 13.1. The van der Waals surface area contributed by atoms with Gasteiger partial charge in [-0.25, -0.2) is 4.39 Å². The molecular formula is C15H15FN2O3. The summed E-state index contributed by atoms with van der Waals surface area (Å²) in [5.74, 6) is -0.640. The van der Waals surface area contributed by atoms with Gasteiger partial charge in [0.1, 0.15) is 17.3 Å². The summed E-state index contributed by atoms with van der Waals surface area (Å²) in [5.41, 5.74) is 6.08. The Bertz CT molecular complexity index is 644. The number of aromatic nitrogens is 1. The molecule has 0 saturated carbocycles. The molecular weight excluding hydrogens is 275 g/mol. The molecule has 1 atom stereocenters. The standard InChI is InChI=1S/C15H15FN2O3/c1-9(15(17)20)13-4-3-12(7-18-13)21-14-5-2-11(16)6-10(14)8-19/h2-7,9,19H,8H2,1H3,(H2,17,20). The van der Waals surface area contributed by atoms with Gasteiger partial charge in [0.05, 0.1) is 24.4 Å². The van der Waals surface area contributed by atoms with E-state index in [1.807, 2.05) is 0 Å². The Kier molecular flexibility index (Phi) is 4.49. The molecule has 1 aromatic heterocycles. The summed E-state index contributed by atoms with van der Waals surface area (Å²) < 4.78 is 18.6. The van der Waals surface area contributed by atoms with Crippen LogP contribution in [0.25, 0.3) is 0 Å². The fraction of sp³-hybridized carbons (Fsp3) is 0.200. The summed E-state index contributed by atoms with van der Waals surface area (Å²) in [4.78, 5) is 15.2. The molecule has 2 rings (SSSR count). The van der Waals surface area contributed by atoms with E-state index in [1.54, 1.807) is 19.1 Å². The maximum Gasteiger partial charge on any atom is 0.226 e. The Morgan fingerprint density at radius 2 is 2.19 bits per heavy atom. The lowest BCUT2D eigenvalue weighted by molar-refractivity contribution is -0.119. The van der Waals surface area contributed by atoms with Crippen LogP contribution < -0.4 is 10.5 Å². The lowest BCUT2D eigenvalue weighted by Gasteiger charge is -2.11. The molecule has 0 bridgehead atoms. The number of hydrogen-bond acceptors (Lipinski definition) is 4. The molecule has 1 unspecified atom stereocenters. The highest BCUT2D eigenvalue weighted by molar-refractivity contribution is 5.80. The predicted octanol–water partition coefficient (Wildman–Crippen LogP) is 2.09. The molecule has 2 aromatic rings. The summed E-state index contributed by atoms with van der Waals surface area (Å²) in [7, 11) is 0. The Balaban J connectivity index is 2.19. The number of rotatable bonds is 5. The molecule has 0 aliphatic heterocycles. The van der Waals surface area contributed by atoms with E-state index in [0.29, 0.717) is 22.8 Å². The van der Waals surface area contributed by atoms with Gasteiger partial charge < -0.3 is 15.6 Å². The molecule has 5 nitrogen and oxygen atoms in total. The van der Waals surface area contributed by atoms with Crippen LogP contribution in [0.4, 0.5) is 4.39 Å². The van der Waals surface area contributed by atoms with Crippen LogP contribution in [0.1, 0.15) is 24.1 Å². The van der Waals surface area contributed by atoms with Crippen LogP contribution >= 0.6 is 0 Å². The smallest absolute Gasteiger partial charge is 0.226 e. The number of aliphatic hydroxyl groups is 1. The average Bonchev–Trinajstić information content (AvgIpc) is 2.49. The number of hydrogen-bond donors (Lipinski definition) is 2. The SMILES string of the molecule is CC(C(N)=O)c1ccc(Oc2ccc(F)cc2CO)cn1. The molecule has 110 valence electrons. The van der Waals surface area contributed by atoms with Gasteiger partial charge in [0.2, 0.25) is 5.91 Å². The zero-order valence-corrected chi connectivity index (χ0v) is 11.4. The van der Waals surface area contributed by atoms with Gasteiger partial charge in [-0.15, -0.1) is 0 Å². The van der Waals surface area contributed by atoms with Crippen molar-refractivity contribution in [3.05, 3.63) is 53.6 Å². The van der Waals surface area contributed by atoms with Crippen LogP contribution in [0.2, 0.25) is 0 Å². The van der Waals surface area contributed by atoms with Crippen LogP contribution in [-0.2, 0) is 11.4 Å². The van der Waals surface area contributed by atoms with Crippen molar-refractivity contribution >= 4 is 5.91 Å². The van der Waals surface area contributed by atoms with Crippen LogP contribution in [0.5, 0.6) is 11.5 Å². The molecule has 0 aliphatic rings. The molecule has 1 amide bonds. The van der Waals surface area contributed by atoms with Crippen molar-refractivity contribution < 1.29 is 19.0 Å². The molecule has 1 heterocycles. The number of pyridine rings is 1. The third-order valence-electron chi connectivity index (χ3n) is 3.05. The quantitative estimate of drug-likeness (QED) is 0.883. The molecule has 0 radical (unpaired) electrons. The Morgan fingerprint density at radius 1 is 1.43 bits per heavy atom. The monoisotopic (exact) mass is 290 g/mol. The molecule has 1 aromatic carbocycles. The van der Waals surface area contributed by atoms with Gasteiger partial charge in [-0.2, -0.15) is 0 Å². The number of halogens is 1. The van der Waals surface area contributed by atoms with Gasteiger partial charge in [0, 0.05) is 5.56 Å². The van der Waals surface area contributed by atoms with E-state index in [2.05, 4.69) is 4.98 Å². The van der Waals surface area contributed by atoms with E-state index in [-0.39, 0.29) is 6.61 Å². The minimum Gasteiger partial charge on any atom is -0.455 e. The van der Waals surface area contributed by atoms with E-state index >= 15 is 0 Å². The van der Waals surface area contributed by atoms with Crippen molar-refractivity contribution in [2.24, 2.45) is 5.73 Å². The fourth-order valence-corrected chi connectivity index (χ4v) is 1.75. The van der Waals surface area contributed by atoms with Crippen LogP contribution in [-0.4, -0.2) is 16.0 Å². The number of carbonyl (C=O) groups excluding carboxylic acids is 1. The van der Waals surface area contributed by atoms with Gasteiger partial charge in [-0.05, 0) is 37.3 Å². The molecule has 3 N–H and O–H groups in total. The van der Waals surface area contributed by atoms with Crippen molar-refractivity contribution in [3.8, 4) is 11.5 Å². The zero-order valence-electron chi connectivity index (χ0n) is 11.4. The van der Waals surface area contributed by atoms with Crippen molar-refractivity contribution in [2.45, 2.75) is 19.4 Å². The van der Waals surface area contributed by atoms with Crippen molar-refractivity contribution in [1.29, 1.82) is 0 Å². The largest absolute Gasteiger partial charge is 0.455 e. The highest BCUT2D eigenvalue weighted by Gasteiger charge is 2.13. The van der Waals surface area contributed by atoms with Gasteiger partial charge in [-0.3, -0.25) is 9.78 Å². The Hall–Kier alpha value is -2.47. The number of aliphatic hydroxyl groups excluding tert-OH is 1. The molecule has 6 heteroatoms. The maximum atomic E-state index is 13.1. The third-order valence-corrected chi connectivity index (χ3v) is 3.05. The number of ether oxygens (including phenoxy) is 1. The van der Waals surface area contributed by atoms with Crippen LogP contribution in [0.15, 0.2) is 36.5 Å². The molecule has 21 heavy (non-hydrogen) atoms. The second kappa shape index (κ2) is 6.32. The summed E-state index contributed by atoms with van der Waals surface area (Å²) in [6.45, 7) is 1.33. The van der Waals surface area contributed by atoms with Crippen molar-refractivity contribution in [2.75, 3.05) is 0 Å². The van der Waals surface area contributed by atoms with Crippen molar-refractivity contribution in [3.63, 3.8) is 0 Å². The first-order valence-corrected chi connectivity index (χ1v) is 6.33. The van der Waals surface area contributed by atoms with Crippen LogP contribution in [0, 0.1) is 5.82 Å². The topological polar surface area (TPSA) is 85.4 Å².